The standard InChI is InChI=1S/C14H26N2O/c1-17-9-10-4-5-16(7-10)8-13-11-2-3-12(6-11)14(13)15/h10-14H,2-9,15H2,1H3. The van der Waals surface area contributed by atoms with E-state index in [2.05, 4.69) is 4.90 Å². The van der Waals surface area contributed by atoms with Crippen LogP contribution in [0.1, 0.15) is 25.7 Å². The van der Waals surface area contributed by atoms with Gasteiger partial charge < -0.3 is 15.4 Å². The summed E-state index contributed by atoms with van der Waals surface area (Å²) in [7, 11) is 1.81. The minimum atomic E-state index is 0.496. The van der Waals surface area contributed by atoms with Crippen molar-refractivity contribution in [2.75, 3.05) is 33.4 Å². The first kappa shape index (κ1) is 11.9. The van der Waals surface area contributed by atoms with Crippen LogP contribution in [-0.4, -0.2) is 44.3 Å². The number of nitrogens with zero attached hydrogens (tertiary/aromatic N) is 1. The molecule has 2 aliphatic carbocycles. The predicted octanol–water partition coefficient (Wildman–Crippen LogP) is 1.33. The van der Waals surface area contributed by atoms with Crippen LogP contribution in [0.4, 0.5) is 0 Å². The lowest BCUT2D eigenvalue weighted by molar-refractivity contribution is 0.145. The maximum absolute atomic E-state index is 6.38. The first-order chi connectivity index (χ1) is 8.28. The number of ether oxygens (including phenoxy) is 1. The molecule has 3 nitrogen and oxygen atoms in total. The number of fused-ring (bicyclic) bond motifs is 2. The van der Waals surface area contributed by atoms with E-state index in [1.807, 2.05) is 7.11 Å². The highest BCUT2D eigenvalue weighted by Crippen LogP contribution is 2.48. The summed E-state index contributed by atoms with van der Waals surface area (Å²) in [5.74, 6) is 3.34. The Kier molecular flexibility index (Phi) is 3.42. The molecule has 3 fully saturated rings. The Bertz CT molecular complexity index is 269. The smallest absolute Gasteiger partial charge is 0.0503 e. The third kappa shape index (κ3) is 2.25. The van der Waals surface area contributed by atoms with Gasteiger partial charge in [-0.3, -0.25) is 0 Å². The van der Waals surface area contributed by atoms with Crippen LogP contribution in [0, 0.1) is 23.7 Å². The fourth-order valence-electron chi connectivity index (χ4n) is 4.47. The molecule has 5 unspecified atom stereocenters. The minimum Gasteiger partial charge on any atom is -0.384 e. The molecule has 2 bridgehead atoms. The molecule has 3 rings (SSSR count). The summed E-state index contributed by atoms with van der Waals surface area (Å²) in [5.41, 5.74) is 6.38. The van der Waals surface area contributed by atoms with Gasteiger partial charge in [-0.1, -0.05) is 0 Å². The number of methoxy groups -OCH3 is 1. The van der Waals surface area contributed by atoms with Crippen molar-refractivity contribution in [2.45, 2.75) is 31.7 Å². The van der Waals surface area contributed by atoms with Crippen LogP contribution in [0.2, 0.25) is 0 Å². The van der Waals surface area contributed by atoms with E-state index in [0.717, 1.165) is 30.3 Å². The SMILES string of the molecule is COCC1CCN(CC2C3CCC(C3)C2N)C1. The molecule has 0 aromatic heterocycles. The minimum absolute atomic E-state index is 0.496. The van der Waals surface area contributed by atoms with E-state index in [-0.39, 0.29) is 0 Å². The van der Waals surface area contributed by atoms with Gasteiger partial charge in [-0.05, 0) is 55.9 Å². The highest BCUT2D eigenvalue weighted by Gasteiger charge is 2.46. The maximum atomic E-state index is 6.38. The van der Waals surface area contributed by atoms with Crippen molar-refractivity contribution in [1.29, 1.82) is 0 Å². The normalized spacial score (nSPS) is 45.9. The monoisotopic (exact) mass is 238 g/mol. The zero-order chi connectivity index (χ0) is 11.8. The molecule has 0 amide bonds. The number of hydrogen-bond acceptors (Lipinski definition) is 3. The van der Waals surface area contributed by atoms with Crippen LogP contribution in [0.3, 0.4) is 0 Å². The molecule has 3 aliphatic rings. The number of hydrogen-bond donors (Lipinski definition) is 1. The highest BCUT2D eigenvalue weighted by atomic mass is 16.5. The van der Waals surface area contributed by atoms with Crippen molar-refractivity contribution in [3.63, 3.8) is 0 Å². The lowest BCUT2D eigenvalue weighted by atomic mass is 9.84. The van der Waals surface area contributed by atoms with E-state index in [1.54, 1.807) is 0 Å². The van der Waals surface area contributed by atoms with Crippen molar-refractivity contribution in [2.24, 2.45) is 29.4 Å². The van der Waals surface area contributed by atoms with Crippen molar-refractivity contribution < 1.29 is 4.74 Å². The third-order valence-electron chi connectivity index (χ3n) is 5.40. The first-order valence-corrected chi connectivity index (χ1v) is 7.24. The van der Waals surface area contributed by atoms with Crippen LogP contribution < -0.4 is 5.73 Å². The molecule has 2 N–H and O–H groups in total. The zero-order valence-electron chi connectivity index (χ0n) is 11.0. The largest absolute Gasteiger partial charge is 0.384 e. The molecule has 0 radical (unpaired) electrons. The van der Waals surface area contributed by atoms with Gasteiger partial charge in [-0.15, -0.1) is 0 Å². The molecule has 0 aromatic rings. The van der Waals surface area contributed by atoms with Crippen LogP contribution in [0.15, 0.2) is 0 Å². The van der Waals surface area contributed by atoms with Gasteiger partial charge in [0.2, 0.25) is 0 Å². The van der Waals surface area contributed by atoms with Gasteiger partial charge in [-0.2, -0.15) is 0 Å². The van der Waals surface area contributed by atoms with Gasteiger partial charge in [0, 0.05) is 26.2 Å². The summed E-state index contributed by atoms with van der Waals surface area (Å²) in [5, 5.41) is 0. The predicted molar refractivity (Wildman–Crippen MR) is 68.7 cm³/mol. The molecule has 1 saturated heterocycles. The lowest BCUT2D eigenvalue weighted by Crippen LogP contribution is -2.42. The Balaban J connectivity index is 1.51. The van der Waals surface area contributed by atoms with Crippen molar-refractivity contribution in [3.05, 3.63) is 0 Å². The van der Waals surface area contributed by atoms with E-state index >= 15 is 0 Å². The quantitative estimate of drug-likeness (QED) is 0.803. The van der Waals surface area contributed by atoms with Crippen molar-refractivity contribution in [3.8, 4) is 0 Å². The van der Waals surface area contributed by atoms with E-state index in [9.17, 15) is 0 Å². The first-order valence-electron chi connectivity index (χ1n) is 7.24. The number of rotatable bonds is 4. The second kappa shape index (κ2) is 4.87. The van der Waals surface area contributed by atoms with Crippen LogP contribution >= 0.6 is 0 Å². The molecular formula is C14H26N2O. The Morgan fingerprint density at radius 3 is 2.76 bits per heavy atom. The van der Waals surface area contributed by atoms with Crippen LogP contribution in [-0.2, 0) is 4.74 Å². The molecule has 1 heterocycles. The van der Waals surface area contributed by atoms with Gasteiger partial charge in [-0.25, -0.2) is 0 Å². The Labute approximate surface area is 105 Å². The molecule has 3 heteroatoms. The van der Waals surface area contributed by atoms with E-state index in [1.165, 1.54) is 45.3 Å². The molecule has 2 saturated carbocycles. The topological polar surface area (TPSA) is 38.5 Å². The summed E-state index contributed by atoms with van der Waals surface area (Å²) >= 11 is 0. The Morgan fingerprint density at radius 1 is 1.24 bits per heavy atom. The van der Waals surface area contributed by atoms with E-state index in [0.29, 0.717) is 6.04 Å². The molecule has 0 aromatic carbocycles. The van der Waals surface area contributed by atoms with Gasteiger partial charge in [0.15, 0.2) is 0 Å². The highest BCUT2D eigenvalue weighted by molar-refractivity contribution is 5.00. The molecule has 5 atom stereocenters. The van der Waals surface area contributed by atoms with Crippen LogP contribution in [0.5, 0.6) is 0 Å². The Hall–Kier alpha value is -0.120. The van der Waals surface area contributed by atoms with E-state index < -0.39 is 0 Å². The summed E-state index contributed by atoms with van der Waals surface area (Å²) in [6, 6.07) is 0.496. The fraction of sp³-hybridized carbons (Fsp3) is 1.00. The van der Waals surface area contributed by atoms with Gasteiger partial charge in [0.05, 0.1) is 6.61 Å². The lowest BCUT2D eigenvalue weighted by Gasteiger charge is -2.31. The van der Waals surface area contributed by atoms with Crippen molar-refractivity contribution >= 4 is 0 Å². The average Bonchev–Trinajstić information content (AvgIpc) is 2.98. The fourth-order valence-corrected chi connectivity index (χ4v) is 4.47. The molecule has 98 valence electrons. The molecule has 17 heavy (non-hydrogen) atoms. The summed E-state index contributed by atoms with van der Waals surface area (Å²) in [6.07, 6.45) is 5.57. The van der Waals surface area contributed by atoms with E-state index in [4.69, 9.17) is 10.5 Å². The van der Waals surface area contributed by atoms with Gasteiger partial charge in [0.1, 0.15) is 0 Å². The Morgan fingerprint density at radius 2 is 2.06 bits per heavy atom. The average molecular weight is 238 g/mol. The molecule has 0 spiro atoms. The number of nitrogens with two attached hydrogens (primary N) is 1. The van der Waals surface area contributed by atoms with Gasteiger partial charge in [0.25, 0.3) is 0 Å². The summed E-state index contributed by atoms with van der Waals surface area (Å²) in [6.45, 7) is 4.67. The maximum Gasteiger partial charge on any atom is 0.0503 e. The third-order valence-corrected chi connectivity index (χ3v) is 5.40. The second-order valence-electron chi connectivity index (χ2n) is 6.44. The zero-order valence-corrected chi connectivity index (χ0v) is 11.0. The van der Waals surface area contributed by atoms with Crippen LogP contribution in [0.25, 0.3) is 0 Å². The second-order valence-corrected chi connectivity index (χ2v) is 6.44. The molecular weight excluding hydrogens is 212 g/mol. The van der Waals surface area contributed by atoms with Crippen molar-refractivity contribution in [1.82, 2.24) is 4.90 Å². The molecule has 1 aliphatic heterocycles. The summed E-state index contributed by atoms with van der Waals surface area (Å²) in [4.78, 5) is 2.63. The summed E-state index contributed by atoms with van der Waals surface area (Å²) < 4.78 is 5.26. The number of likely N-dealkylation sites (tertiary alicyclic amines) is 1. The van der Waals surface area contributed by atoms with Gasteiger partial charge >= 0.3 is 0 Å².